The molecule has 2 atom stereocenters. The Morgan fingerprint density at radius 2 is 1.40 bits per heavy atom. The Morgan fingerprint density at radius 3 is 2.03 bits per heavy atom. The molecule has 5 nitrogen and oxygen atoms in total. The molecule has 1 N–H and O–H groups in total. The predicted molar refractivity (Wildman–Crippen MR) is 113 cm³/mol. The Labute approximate surface area is 175 Å². The summed E-state index contributed by atoms with van der Waals surface area (Å²) in [5.41, 5.74) is 3.81. The van der Waals surface area contributed by atoms with Crippen LogP contribution in [0.5, 0.6) is 0 Å². The van der Waals surface area contributed by atoms with Gasteiger partial charge >= 0.3 is 0 Å². The number of hydrogen-bond acceptors (Lipinski definition) is 4. The number of fused-ring (bicyclic) bond motifs is 1. The topological polar surface area (TPSA) is 66.8 Å². The normalized spacial score (nSPS) is 15.2. The molecular formula is C25H23NO4. The van der Waals surface area contributed by atoms with E-state index in [0.29, 0.717) is 11.1 Å². The summed E-state index contributed by atoms with van der Waals surface area (Å²) in [6, 6.07) is 24.4. The first kappa shape index (κ1) is 20.0. The van der Waals surface area contributed by atoms with Gasteiger partial charge in [0.25, 0.3) is 11.8 Å². The molecular weight excluding hydrogens is 378 g/mol. The van der Waals surface area contributed by atoms with E-state index in [1.54, 1.807) is 24.3 Å². The number of aliphatic hydroxyl groups is 1. The van der Waals surface area contributed by atoms with Crippen LogP contribution in [0.2, 0.25) is 0 Å². The summed E-state index contributed by atoms with van der Waals surface area (Å²) < 4.78 is 6.12. The summed E-state index contributed by atoms with van der Waals surface area (Å²) in [5.74, 6) is -0.763. The Bertz CT molecular complexity index is 1030. The SMILES string of the molecule is Cc1ccccc1C(OCC(O)CN1C(=O)c2ccccc2C1=O)c1ccccc1. The number of rotatable bonds is 7. The van der Waals surface area contributed by atoms with Gasteiger partial charge in [-0.15, -0.1) is 0 Å². The van der Waals surface area contributed by atoms with E-state index in [1.165, 1.54) is 0 Å². The lowest BCUT2D eigenvalue weighted by Gasteiger charge is -2.24. The van der Waals surface area contributed by atoms with E-state index in [-0.39, 0.29) is 31.1 Å². The molecule has 0 fully saturated rings. The maximum Gasteiger partial charge on any atom is 0.261 e. The number of ether oxygens (including phenoxy) is 1. The number of benzene rings is 3. The van der Waals surface area contributed by atoms with Crippen LogP contribution >= 0.6 is 0 Å². The number of aliphatic hydroxyl groups excluding tert-OH is 1. The summed E-state index contributed by atoms with van der Waals surface area (Å²) in [6.07, 6.45) is -1.35. The van der Waals surface area contributed by atoms with Crippen molar-refractivity contribution in [2.75, 3.05) is 13.2 Å². The molecule has 1 aliphatic heterocycles. The van der Waals surface area contributed by atoms with Crippen LogP contribution in [0.25, 0.3) is 0 Å². The van der Waals surface area contributed by atoms with Crippen molar-refractivity contribution in [3.63, 3.8) is 0 Å². The molecule has 0 spiro atoms. The molecule has 30 heavy (non-hydrogen) atoms. The van der Waals surface area contributed by atoms with Gasteiger partial charge in [0.2, 0.25) is 0 Å². The van der Waals surface area contributed by atoms with E-state index in [2.05, 4.69) is 0 Å². The van der Waals surface area contributed by atoms with Gasteiger partial charge in [-0.25, -0.2) is 0 Å². The molecule has 0 aromatic heterocycles. The fraction of sp³-hybridized carbons (Fsp3) is 0.200. The van der Waals surface area contributed by atoms with Crippen LogP contribution in [0, 0.1) is 6.92 Å². The highest BCUT2D eigenvalue weighted by Gasteiger charge is 2.36. The minimum absolute atomic E-state index is 0.0126. The molecule has 3 aromatic carbocycles. The molecule has 3 aromatic rings. The predicted octanol–water partition coefficient (Wildman–Crippen LogP) is 3.76. The maximum absolute atomic E-state index is 12.5. The van der Waals surface area contributed by atoms with Gasteiger partial charge in [-0.2, -0.15) is 0 Å². The highest BCUT2D eigenvalue weighted by molar-refractivity contribution is 6.21. The van der Waals surface area contributed by atoms with Gasteiger partial charge in [0, 0.05) is 0 Å². The molecule has 0 bridgehead atoms. The minimum atomic E-state index is -0.998. The molecule has 1 heterocycles. The maximum atomic E-state index is 12.5. The van der Waals surface area contributed by atoms with Crippen molar-refractivity contribution in [3.05, 3.63) is 107 Å². The lowest BCUT2D eigenvalue weighted by atomic mass is 9.97. The number of carbonyl (C=O) groups excluding carboxylic acids is 2. The number of aryl methyl sites for hydroxylation is 1. The minimum Gasteiger partial charge on any atom is -0.389 e. The zero-order valence-electron chi connectivity index (χ0n) is 16.7. The zero-order valence-corrected chi connectivity index (χ0v) is 16.7. The number of β-amino-alcohol motifs (C(OH)–C–C–N with tert-alkyl or cyclic N) is 1. The van der Waals surface area contributed by atoms with Crippen LogP contribution in [0.4, 0.5) is 0 Å². The molecule has 2 unspecified atom stereocenters. The third-order valence-electron chi connectivity index (χ3n) is 5.30. The highest BCUT2D eigenvalue weighted by Crippen LogP contribution is 2.29. The zero-order chi connectivity index (χ0) is 21.1. The van der Waals surface area contributed by atoms with Crippen LogP contribution in [0.15, 0.2) is 78.9 Å². The van der Waals surface area contributed by atoms with Crippen molar-refractivity contribution in [1.29, 1.82) is 0 Å². The lowest BCUT2D eigenvalue weighted by molar-refractivity contribution is -0.00488. The van der Waals surface area contributed by atoms with Gasteiger partial charge in [-0.3, -0.25) is 14.5 Å². The first-order chi connectivity index (χ1) is 14.6. The number of imide groups is 1. The van der Waals surface area contributed by atoms with E-state index in [1.807, 2.05) is 61.5 Å². The van der Waals surface area contributed by atoms with E-state index in [9.17, 15) is 14.7 Å². The fourth-order valence-corrected chi connectivity index (χ4v) is 3.75. The molecule has 1 aliphatic rings. The van der Waals surface area contributed by atoms with Crippen LogP contribution < -0.4 is 0 Å². The van der Waals surface area contributed by atoms with Gasteiger partial charge in [-0.1, -0.05) is 66.7 Å². The van der Waals surface area contributed by atoms with E-state index < -0.39 is 6.10 Å². The van der Waals surface area contributed by atoms with Crippen LogP contribution in [0.3, 0.4) is 0 Å². The largest absolute Gasteiger partial charge is 0.389 e. The summed E-state index contributed by atoms with van der Waals surface area (Å²) in [4.78, 5) is 26.1. The Balaban J connectivity index is 1.47. The standard InChI is InChI=1S/C25H23NO4/c1-17-9-5-6-12-20(17)23(18-10-3-2-4-11-18)30-16-19(27)15-26-24(28)21-13-7-8-14-22(21)25(26)29/h2-14,19,23,27H,15-16H2,1H3. The highest BCUT2D eigenvalue weighted by atomic mass is 16.5. The monoisotopic (exact) mass is 401 g/mol. The Kier molecular flexibility index (Phi) is 5.74. The number of amides is 2. The first-order valence-electron chi connectivity index (χ1n) is 9.91. The average Bonchev–Trinajstić information content (AvgIpc) is 3.01. The van der Waals surface area contributed by atoms with Gasteiger partial charge in [0.15, 0.2) is 0 Å². The lowest BCUT2D eigenvalue weighted by Crippen LogP contribution is -2.39. The van der Waals surface area contributed by atoms with E-state index in [0.717, 1.165) is 21.6 Å². The van der Waals surface area contributed by atoms with Crippen LogP contribution in [-0.2, 0) is 4.74 Å². The molecule has 0 saturated heterocycles. The number of hydrogen-bond donors (Lipinski definition) is 1. The van der Waals surface area contributed by atoms with Gasteiger partial charge in [0.05, 0.1) is 30.4 Å². The molecule has 0 aliphatic carbocycles. The second-order valence-electron chi connectivity index (χ2n) is 7.40. The van der Waals surface area contributed by atoms with Crippen molar-refractivity contribution in [3.8, 4) is 0 Å². The fourth-order valence-electron chi connectivity index (χ4n) is 3.75. The van der Waals surface area contributed by atoms with Crippen molar-refractivity contribution < 1.29 is 19.4 Å². The van der Waals surface area contributed by atoms with Crippen molar-refractivity contribution in [2.45, 2.75) is 19.1 Å². The smallest absolute Gasteiger partial charge is 0.261 e. The van der Waals surface area contributed by atoms with E-state index >= 15 is 0 Å². The third kappa shape index (κ3) is 3.90. The summed E-state index contributed by atoms with van der Waals surface area (Å²) >= 11 is 0. The van der Waals surface area contributed by atoms with Crippen molar-refractivity contribution in [1.82, 2.24) is 4.90 Å². The van der Waals surface area contributed by atoms with Gasteiger partial charge in [-0.05, 0) is 35.7 Å². The van der Waals surface area contributed by atoms with Crippen LogP contribution in [0.1, 0.15) is 43.5 Å². The Hall–Kier alpha value is -3.28. The Morgan fingerprint density at radius 1 is 0.833 bits per heavy atom. The number of nitrogens with zero attached hydrogens (tertiary/aromatic N) is 1. The first-order valence-corrected chi connectivity index (χ1v) is 9.91. The molecule has 4 rings (SSSR count). The second-order valence-corrected chi connectivity index (χ2v) is 7.40. The summed E-state index contributed by atoms with van der Waals surface area (Å²) in [6.45, 7) is 1.90. The average molecular weight is 401 g/mol. The van der Waals surface area contributed by atoms with Gasteiger partial charge in [0.1, 0.15) is 6.10 Å². The quantitative estimate of drug-likeness (QED) is 0.612. The van der Waals surface area contributed by atoms with Crippen LogP contribution in [-0.4, -0.2) is 41.1 Å². The van der Waals surface area contributed by atoms with Crippen molar-refractivity contribution in [2.24, 2.45) is 0 Å². The molecule has 0 radical (unpaired) electrons. The summed E-state index contributed by atoms with van der Waals surface area (Å²) in [5, 5.41) is 10.6. The van der Waals surface area contributed by atoms with Crippen molar-refractivity contribution >= 4 is 11.8 Å². The third-order valence-corrected chi connectivity index (χ3v) is 5.30. The molecule has 0 saturated carbocycles. The van der Waals surface area contributed by atoms with Gasteiger partial charge < -0.3 is 9.84 Å². The number of carbonyl (C=O) groups is 2. The van der Waals surface area contributed by atoms with E-state index in [4.69, 9.17) is 4.74 Å². The molecule has 152 valence electrons. The molecule has 5 heteroatoms. The summed E-state index contributed by atoms with van der Waals surface area (Å²) in [7, 11) is 0. The second kappa shape index (κ2) is 8.61. The molecule has 2 amide bonds.